The molecule has 5 heteroatoms. The predicted octanol–water partition coefficient (Wildman–Crippen LogP) is 2.29. The Balaban J connectivity index is 2.75. The Morgan fingerprint density at radius 2 is 2.21 bits per heavy atom. The van der Waals surface area contributed by atoms with E-state index in [9.17, 15) is 0 Å². The number of hydrogen-bond acceptors (Lipinski definition) is 1. The van der Waals surface area contributed by atoms with Crippen LogP contribution in [0, 0.1) is 6.92 Å². The smallest absolute Gasteiger partial charge is 0.126 e. The molecule has 1 nitrogen and oxygen atoms in total. The molecule has 0 bridgehead atoms. The molecule has 14 heavy (non-hydrogen) atoms. The van der Waals surface area contributed by atoms with E-state index in [4.69, 9.17) is 32.0 Å². The van der Waals surface area contributed by atoms with Gasteiger partial charge in [-0.25, -0.2) is 0 Å². The van der Waals surface area contributed by atoms with Gasteiger partial charge in [0.25, 0.3) is 0 Å². The van der Waals surface area contributed by atoms with E-state index >= 15 is 0 Å². The van der Waals surface area contributed by atoms with Gasteiger partial charge in [0.15, 0.2) is 0 Å². The number of fused-ring (bicyclic) bond motifs is 1. The van der Waals surface area contributed by atoms with Crippen molar-refractivity contribution in [3.8, 4) is 5.75 Å². The molecular formula is C9H6B2BrClO. The number of hydrogen-bond donors (Lipinski definition) is 0. The Hall–Kier alpha value is -0.0801. The van der Waals surface area contributed by atoms with E-state index in [0.29, 0.717) is 16.3 Å². The highest BCUT2D eigenvalue weighted by Crippen LogP contribution is 2.45. The Labute approximate surface area is 99.1 Å². The highest BCUT2D eigenvalue weighted by molar-refractivity contribution is 9.10. The molecule has 1 aromatic rings. The summed E-state index contributed by atoms with van der Waals surface area (Å²) in [6.07, 6.45) is 0. The molecule has 2 rings (SSSR count). The van der Waals surface area contributed by atoms with Crippen molar-refractivity contribution in [3.63, 3.8) is 0 Å². The van der Waals surface area contributed by atoms with Crippen LogP contribution in [-0.2, 0) is 5.21 Å². The van der Waals surface area contributed by atoms with E-state index in [0.717, 1.165) is 10.0 Å². The summed E-state index contributed by atoms with van der Waals surface area (Å²) in [4.78, 5) is 0. The lowest BCUT2D eigenvalue weighted by atomic mass is 9.52. The van der Waals surface area contributed by atoms with Crippen molar-refractivity contribution < 1.29 is 4.74 Å². The third-order valence-corrected chi connectivity index (χ3v) is 3.52. The van der Waals surface area contributed by atoms with E-state index in [2.05, 4.69) is 15.9 Å². The first-order valence-electron chi connectivity index (χ1n) is 4.13. The van der Waals surface area contributed by atoms with Gasteiger partial charge < -0.3 is 4.74 Å². The SMILES string of the molecule is [B]C1([B])COc2c(C)cc(Br)c(Cl)c21. The van der Waals surface area contributed by atoms with Gasteiger partial charge in [0.1, 0.15) is 5.75 Å². The Bertz CT molecular complexity index is 406. The lowest BCUT2D eigenvalue weighted by molar-refractivity contribution is 0.341. The first kappa shape index (κ1) is 10.4. The molecule has 1 aliphatic heterocycles. The van der Waals surface area contributed by atoms with Gasteiger partial charge in [-0.15, -0.1) is 0 Å². The van der Waals surface area contributed by atoms with Crippen LogP contribution in [0.25, 0.3) is 0 Å². The second-order valence-electron chi connectivity index (χ2n) is 3.52. The van der Waals surface area contributed by atoms with E-state index < -0.39 is 5.21 Å². The normalized spacial score (nSPS) is 17.6. The molecular weight excluding hydrogens is 261 g/mol. The maximum Gasteiger partial charge on any atom is 0.126 e. The highest BCUT2D eigenvalue weighted by Gasteiger charge is 2.34. The first-order valence-corrected chi connectivity index (χ1v) is 5.30. The third kappa shape index (κ3) is 1.40. The Kier molecular flexibility index (Phi) is 2.39. The predicted molar refractivity (Wildman–Crippen MR) is 62.6 cm³/mol. The molecule has 0 aromatic heterocycles. The van der Waals surface area contributed by atoms with Crippen molar-refractivity contribution in [1.82, 2.24) is 0 Å². The number of halogens is 2. The summed E-state index contributed by atoms with van der Waals surface area (Å²) in [5.41, 5.74) is 1.67. The van der Waals surface area contributed by atoms with E-state index in [-0.39, 0.29) is 6.61 Å². The zero-order chi connectivity index (χ0) is 10.5. The lowest BCUT2D eigenvalue weighted by Crippen LogP contribution is -2.28. The fourth-order valence-electron chi connectivity index (χ4n) is 1.60. The molecule has 1 aliphatic rings. The van der Waals surface area contributed by atoms with Crippen LogP contribution in [0.5, 0.6) is 5.75 Å². The van der Waals surface area contributed by atoms with Gasteiger partial charge in [0.2, 0.25) is 0 Å². The summed E-state index contributed by atoms with van der Waals surface area (Å²) in [6.45, 7) is 2.20. The van der Waals surface area contributed by atoms with Gasteiger partial charge in [-0.05, 0) is 39.7 Å². The number of aryl methyl sites for hydroxylation is 1. The average Bonchev–Trinajstić information content (AvgIpc) is 2.38. The van der Waals surface area contributed by atoms with Crippen LogP contribution in [0.15, 0.2) is 10.5 Å². The summed E-state index contributed by atoms with van der Waals surface area (Å²) in [5, 5.41) is -0.450. The van der Waals surface area contributed by atoms with Crippen LogP contribution in [0.1, 0.15) is 11.1 Å². The van der Waals surface area contributed by atoms with Crippen LogP contribution in [-0.4, -0.2) is 22.3 Å². The molecule has 0 spiro atoms. The maximum absolute atomic E-state index is 6.11. The fraction of sp³-hybridized carbons (Fsp3) is 0.333. The molecule has 0 atom stereocenters. The van der Waals surface area contributed by atoms with Crippen molar-refractivity contribution >= 4 is 43.2 Å². The van der Waals surface area contributed by atoms with Crippen molar-refractivity contribution in [1.29, 1.82) is 0 Å². The standard InChI is InChI=1S/C9H6B2BrClO/c1-4-2-5(12)7(13)6-8(4)14-3-9(6,10)11/h2H,3H2,1H3. The van der Waals surface area contributed by atoms with Gasteiger partial charge in [-0.3, -0.25) is 0 Å². The monoisotopic (exact) mass is 266 g/mol. The van der Waals surface area contributed by atoms with Crippen LogP contribution in [0.3, 0.4) is 0 Å². The van der Waals surface area contributed by atoms with Gasteiger partial charge in [-0.1, -0.05) is 11.6 Å². The summed E-state index contributed by atoms with van der Waals surface area (Å²) in [6, 6.07) is 1.89. The van der Waals surface area contributed by atoms with Gasteiger partial charge in [0.05, 0.1) is 27.3 Å². The van der Waals surface area contributed by atoms with Crippen molar-refractivity contribution in [2.45, 2.75) is 12.1 Å². The molecule has 1 heterocycles. The zero-order valence-corrected chi connectivity index (χ0v) is 9.95. The summed E-state index contributed by atoms with van der Waals surface area (Å²) >= 11 is 9.46. The molecule has 0 aliphatic carbocycles. The van der Waals surface area contributed by atoms with Crippen molar-refractivity contribution in [2.75, 3.05) is 6.61 Å². The minimum Gasteiger partial charge on any atom is -0.494 e. The molecule has 0 unspecified atom stereocenters. The zero-order valence-electron chi connectivity index (χ0n) is 7.60. The third-order valence-electron chi connectivity index (χ3n) is 2.28. The van der Waals surface area contributed by atoms with Crippen LogP contribution in [0.4, 0.5) is 0 Å². The van der Waals surface area contributed by atoms with Crippen molar-refractivity contribution in [2.24, 2.45) is 0 Å². The number of benzene rings is 1. The van der Waals surface area contributed by atoms with Gasteiger partial charge in [-0.2, -0.15) is 0 Å². The number of ether oxygens (including phenoxy) is 1. The summed E-state index contributed by atoms with van der Waals surface area (Å²) < 4.78 is 6.22. The van der Waals surface area contributed by atoms with Crippen LogP contribution < -0.4 is 4.74 Å². The Morgan fingerprint density at radius 3 is 2.86 bits per heavy atom. The largest absolute Gasteiger partial charge is 0.494 e. The molecule has 0 saturated heterocycles. The minimum atomic E-state index is -0.985. The van der Waals surface area contributed by atoms with E-state index in [1.165, 1.54) is 0 Å². The topological polar surface area (TPSA) is 9.23 Å². The fourth-order valence-corrected chi connectivity index (χ4v) is 2.46. The summed E-state index contributed by atoms with van der Waals surface area (Å²) in [5.74, 6) is 0.711. The lowest BCUT2D eigenvalue weighted by Gasteiger charge is -2.18. The molecule has 0 saturated carbocycles. The minimum absolute atomic E-state index is 0.263. The van der Waals surface area contributed by atoms with Crippen LogP contribution >= 0.6 is 27.5 Å². The van der Waals surface area contributed by atoms with E-state index in [1.807, 2.05) is 13.0 Å². The number of rotatable bonds is 0. The average molecular weight is 267 g/mol. The highest BCUT2D eigenvalue weighted by atomic mass is 79.9. The maximum atomic E-state index is 6.11. The van der Waals surface area contributed by atoms with Gasteiger partial charge >= 0.3 is 0 Å². The van der Waals surface area contributed by atoms with Gasteiger partial charge in [0, 0.05) is 10.0 Å². The Morgan fingerprint density at radius 1 is 1.57 bits per heavy atom. The van der Waals surface area contributed by atoms with Crippen LogP contribution in [0.2, 0.25) is 5.02 Å². The molecule has 68 valence electrons. The second kappa shape index (κ2) is 3.21. The van der Waals surface area contributed by atoms with Crippen molar-refractivity contribution in [3.05, 3.63) is 26.7 Å². The molecule has 0 amide bonds. The quantitative estimate of drug-likeness (QED) is 0.655. The molecule has 0 N–H and O–H groups in total. The van der Waals surface area contributed by atoms with E-state index in [1.54, 1.807) is 0 Å². The molecule has 1 aromatic carbocycles. The molecule has 0 fully saturated rings. The first-order chi connectivity index (χ1) is 6.43. The summed E-state index contributed by atoms with van der Waals surface area (Å²) in [7, 11) is 11.8. The molecule has 4 radical (unpaired) electrons. The second-order valence-corrected chi connectivity index (χ2v) is 4.75.